The molecule has 1 fully saturated rings. The maximum Gasteiger partial charge on any atom is 0.433 e. The number of hydrogen-bond acceptors (Lipinski definition) is 7. The minimum absolute atomic E-state index is 0.240. The van der Waals surface area contributed by atoms with Gasteiger partial charge in [0.2, 0.25) is 0 Å². The Morgan fingerprint density at radius 1 is 1.63 bits per heavy atom. The fraction of sp³-hybridized carbons (Fsp3) is 0.200. The summed E-state index contributed by atoms with van der Waals surface area (Å²) in [6.07, 6.45) is 1.43. The van der Waals surface area contributed by atoms with Gasteiger partial charge in [-0.05, 0) is 6.07 Å². The smallest absolute Gasteiger partial charge is 0.401 e. The quantitative estimate of drug-likeness (QED) is 0.393. The van der Waals surface area contributed by atoms with E-state index in [1.807, 2.05) is 6.92 Å². The van der Waals surface area contributed by atoms with Crippen molar-refractivity contribution < 1.29 is 14.1 Å². The lowest BCUT2D eigenvalue weighted by Crippen LogP contribution is -2.40. The summed E-state index contributed by atoms with van der Waals surface area (Å²) >= 11 is 6.16. The summed E-state index contributed by atoms with van der Waals surface area (Å²) < 4.78 is 5.35. The zero-order valence-electron chi connectivity index (χ0n) is 9.78. The number of hydrazine groups is 1. The number of carbonyl (C=O) groups is 1. The van der Waals surface area contributed by atoms with Crippen molar-refractivity contribution in [2.24, 2.45) is 0 Å². The predicted molar refractivity (Wildman–Crippen MR) is 74.1 cm³/mol. The molecule has 1 N–H and O–H groups in total. The Morgan fingerprint density at radius 3 is 2.95 bits per heavy atom. The second kappa shape index (κ2) is 5.51. The molecule has 0 radical (unpaired) electrons. The fourth-order valence-corrected chi connectivity index (χ4v) is 2.61. The molecule has 0 spiro atoms. The zero-order chi connectivity index (χ0) is 14.0. The van der Waals surface area contributed by atoms with Crippen LogP contribution in [0.2, 0.25) is 0 Å². The summed E-state index contributed by atoms with van der Waals surface area (Å²) in [6.45, 7) is 2.41. The van der Waals surface area contributed by atoms with Crippen LogP contribution in [0.1, 0.15) is 12.7 Å². The second-order valence-corrected chi connectivity index (χ2v) is 5.14. The van der Waals surface area contributed by atoms with E-state index in [0.717, 1.165) is 11.8 Å². The van der Waals surface area contributed by atoms with E-state index >= 15 is 0 Å². The molecule has 2 rings (SSSR count). The summed E-state index contributed by atoms with van der Waals surface area (Å²) in [5.41, 5.74) is 2.83. The van der Waals surface area contributed by atoms with Gasteiger partial charge in [-0.3, -0.25) is 14.9 Å². The van der Waals surface area contributed by atoms with Crippen LogP contribution in [-0.2, 0) is 4.79 Å². The van der Waals surface area contributed by atoms with Gasteiger partial charge in [0.05, 0.1) is 11.0 Å². The van der Waals surface area contributed by atoms with Crippen LogP contribution in [0.15, 0.2) is 21.5 Å². The van der Waals surface area contributed by atoms with Gasteiger partial charge in [-0.15, -0.1) is 0 Å². The Kier molecular flexibility index (Phi) is 3.98. The first kappa shape index (κ1) is 13.7. The number of hydrogen-bond donors (Lipinski definition) is 1. The van der Waals surface area contributed by atoms with Crippen molar-refractivity contribution in [3.63, 3.8) is 0 Å². The molecular formula is C10H9N3O4S2. The van der Waals surface area contributed by atoms with Crippen LogP contribution in [0, 0.1) is 10.1 Å². The van der Waals surface area contributed by atoms with Gasteiger partial charge < -0.3 is 4.42 Å². The molecule has 0 aliphatic carbocycles. The maximum absolute atomic E-state index is 12.0. The lowest BCUT2D eigenvalue weighted by Gasteiger charge is -2.13. The first-order chi connectivity index (χ1) is 9.02. The van der Waals surface area contributed by atoms with Gasteiger partial charge >= 0.3 is 5.88 Å². The van der Waals surface area contributed by atoms with Gasteiger partial charge in [0.25, 0.3) is 5.91 Å². The third-order valence-electron chi connectivity index (χ3n) is 2.18. The van der Waals surface area contributed by atoms with Gasteiger partial charge in [0, 0.05) is 12.6 Å². The van der Waals surface area contributed by atoms with E-state index in [1.165, 1.54) is 23.2 Å². The molecule has 9 heteroatoms. The molecule has 2 heterocycles. The lowest BCUT2D eigenvalue weighted by atomic mass is 10.4. The second-order valence-electron chi connectivity index (χ2n) is 3.46. The summed E-state index contributed by atoms with van der Waals surface area (Å²) in [5, 5.41) is 11.8. The summed E-state index contributed by atoms with van der Waals surface area (Å²) in [5.74, 6) is -0.423. The zero-order valence-corrected chi connectivity index (χ0v) is 11.4. The van der Waals surface area contributed by atoms with Crippen molar-refractivity contribution in [2.45, 2.75) is 6.92 Å². The number of thiocarbonyl (C=S) groups is 1. The minimum atomic E-state index is -0.638. The van der Waals surface area contributed by atoms with Crippen LogP contribution in [0.25, 0.3) is 6.08 Å². The first-order valence-electron chi connectivity index (χ1n) is 5.28. The molecule has 1 amide bonds. The molecule has 1 aromatic heterocycles. The average molecular weight is 299 g/mol. The maximum atomic E-state index is 12.0. The number of nitrogens with zero attached hydrogens (tertiary/aromatic N) is 2. The van der Waals surface area contributed by atoms with Crippen LogP contribution in [-0.4, -0.2) is 26.7 Å². The number of nitrogens with one attached hydrogen (secondary N) is 1. The number of amides is 1. The molecule has 0 unspecified atom stereocenters. The van der Waals surface area contributed by atoms with Crippen molar-refractivity contribution in [1.29, 1.82) is 0 Å². The average Bonchev–Trinajstić information content (AvgIpc) is 2.91. The van der Waals surface area contributed by atoms with Gasteiger partial charge in [0.1, 0.15) is 10.7 Å². The minimum Gasteiger partial charge on any atom is -0.401 e. The summed E-state index contributed by atoms with van der Waals surface area (Å²) in [7, 11) is 0. The molecule has 1 aliphatic rings. The molecule has 19 heavy (non-hydrogen) atoms. The SMILES string of the molecule is CCNN1C(=O)/C(=C\c2ccc([N+](=O)[O-])o2)SC1=S. The highest BCUT2D eigenvalue weighted by Crippen LogP contribution is 2.32. The summed E-state index contributed by atoms with van der Waals surface area (Å²) in [4.78, 5) is 22.2. The van der Waals surface area contributed by atoms with Crippen LogP contribution < -0.4 is 5.43 Å². The van der Waals surface area contributed by atoms with E-state index in [1.54, 1.807) is 0 Å². The number of thioether (sulfide) groups is 1. The van der Waals surface area contributed by atoms with Crippen molar-refractivity contribution in [3.8, 4) is 0 Å². The van der Waals surface area contributed by atoms with E-state index in [4.69, 9.17) is 16.6 Å². The Labute approximate surface area is 117 Å². The van der Waals surface area contributed by atoms with Gasteiger partial charge in [-0.25, -0.2) is 10.4 Å². The van der Waals surface area contributed by atoms with Gasteiger partial charge in [0.15, 0.2) is 4.32 Å². The molecule has 100 valence electrons. The van der Waals surface area contributed by atoms with Gasteiger partial charge in [-0.1, -0.05) is 30.9 Å². The third kappa shape index (κ3) is 2.83. The monoisotopic (exact) mass is 299 g/mol. The number of furan rings is 1. The van der Waals surface area contributed by atoms with Crippen LogP contribution in [0.5, 0.6) is 0 Å². The van der Waals surface area contributed by atoms with Crippen LogP contribution in [0.3, 0.4) is 0 Å². The topological polar surface area (TPSA) is 88.6 Å². The third-order valence-corrected chi connectivity index (χ3v) is 3.48. The standard InChI is InChI=1S/C10H9N3O4S2/c1-2-11-12-9(14)7(19-10(12)18)5-6-3-4-8(17-6)13(15)16/h3-5,11H,2H2,1H3/b7-5+. The Hall–Kier alpha value is -1.71. The predicted octanol–water partition coefficient (Wildman–Crippen LogP) is 1.91. The first-order valence-corrected chi connectivity index (χ1v) is 6.51. The number of carbonyl (C=O) groups excluding carboxylic acids is 1. The highest BCUT2D eigenvalue weighted by atomic mass is 32.2. The van der Waals surface area contributed by atoms with Crippen molar-refractivity contribution in [1.82, 2.24) is 10.4 Å². The van der Waals surface area contributed by atoms with Crippen molar-refractivity contribution in [2.75, 3.05) is 6.54 Å². The Balaban J connectivity index is 2.22. The molecule has 1 aliphatic heterocycles. The lowest BCUT2D eigenvalue weighted by molar-refractivity contribution is -0.402. The highest BCUT2D eigenvalue weighted by molar-refractivity contribution is 8.26. The Morgan fingerprint density at radius 2 is 2.37 bits per heavy atom. The van der Waals surface area contributed by atoms with E-state index in [9.17, 15) is 14.9 Å². The molecule has 1 saturated heterocycles. The molecule has 0 saturated carbocycles. The highest BCUT2D eigenvalue weighted by Gasteiger charge is 2.32. The van der Waals surface area contributed by atoms with E-state index in [2.05, 4.69) is 5.43 Å². The summed E-state index contributed by atoms with van der Waals surface area (Å²) in [6, 6.07) is 2.66. The Bertz CT molecular complexity index is 581. The van der Waals surface area contributed by atoms with E-state index in [-0.39, 0.29) is 17.6 Å². The number of rotatable bonds is 4. The molecular weight excluding hydrogens is 290 g/mol. The van der Waals surface area contributed by atoms with Crippen molar-refractivity contribution in [3.05, 3.63) is 32.9 Å². The van der Waals surface area contributed by atoms with Crippen LogP contribution in [0.4, 0.5) is 5.88 Å². The fourth-order valence-electron chi connectivity index (χ4n) is 1.41. The molecule has 0 bridgehead atoms. The van der Waals surface area contributed by atoms with Crippen molar-refractivity contribution >= 4 is 46.2 Å². The normalized spacial score (nSPS) is 17.5. The van der Waals surface area contributed by atoms with E-state index in [0.29, 0.717) is 15.8 Å². The van der Waals surface area contributed by atoms with Crippen LogP contribution >= 0.6 is 24.0 Å². The number of nitro groups is 1. The molecule has 0 atom stereocenters. The molecule has 7 nitrogen and oxygen atoms in total. The molecule has 1 aromatic rings. The van der Waals surface area contributed by atoms with E-state index < -0.39 is 4.92 Å². The largest absolute Gasteiger partial charge is 0.433 e. The molecule has 0 aromatic carbocycles. The van der Waals surface area contributed by atoms with Gasteiger partial charge in [-0.2, -0.15) is 0 Å².